The first kappa shape index (κ1) is 13.4. The van der Waals surface area contributed by atoms with Crippen LogP contribution in [0.4, 0.5) is 5.69 Å². The molecule has 1 aliphatic rings. The Labute approximate surface area is 110 Å². The number of benzene rings is 1. The third-order valence-electron chi connectivity index (χ3n) is 3.77. The highest BCUT2D eigenvalue weighted by Crippen LogP contribution is 2.21. The van der Waals surface area contributed by atoms with Gasteiger partial charge in [-0.15, -0.1) is 0 Å². The zero-order chi connectivity index (χ0) is 13.0. The first-order valence-corrected chi connectivity index (χ1v) is 6.81. The lowest BCUT2D eigenvalue weighted by Crippen LogP contribution is -2.39. The molecule has 1 fully saturated rings. The van der Waals surface area contributed by atoms with Gasteiger partial charge in [0.1, 0.15) is 0 Å². The molecule has 100 valence electrons. The predicted molar refractivity (Wildman–Crippen MR) is 75.9 cm³/mol. The second-order valence-electron chi connectivity index (χ2n) is 5.45. The largest absolute Gasteiger partial charge is 0.396 e. The van der Waals surface area contributed by atoms with E-state index in [0.29, 0.717) is 12.0 Å². The van der Waals surface area contributed by atoms with Crippen molar-refractivity contribution in [2.45, 2.75) is 19.4 Å². The smallest absolute Gasteiger partial charge is 0.0446 e. The number of hydrogen-bond donors (Lipinski definition) is 1. The Morgan fingerprint density at radius 3 is 2.56 bits per heavy atom. The van der Waals surface area contributed by atoms with Gasteiger partial charge in [0.15, 0.2) is 0 Å². The minimum absolute atomic E-state index is 0.270. The van der Waals surface area contributed by atoms with Crippen LogP contribution in [-0.2, 0) is 0 Å². The maximum absolute atomic E-state index is 9.21. The minimum atomic E-state index is 0.270. The average molecular weight is 248 g/mol. The highest BCUT2D eigenvalue weighted by molar-refractivity contribution is 5.46. The molecule has 1 aliphatic heterocycles. The normalized spacial score (nSPS) is 26.1. The Bertz CT molecular complexity index is 355. The first-order chi connectivity index (χ1) is 8.70. The Balaban J connectivity index is 2.14. The summed E-state index contributed by atoms with van der Waals surface area (Å²) in [6.45, 7) is 5.77. The second-order valence-corrected chi connectivity index (χ2v) is 5.45. The van der Waals surface area contributed by atoms with Crippen molar-refractivity contribution < 1.29 is 5.11 Å². The summed E-state index contributed by atoms with van der Waals surface area (Å²) in [6.07, 6.45) is 0.854. The number of para-hydroxylation sites is 1. The van der Waals surface area contributed by atoms with Crippen LogP contribution >= 0.6 is 0 Å². The summed E-state index contributed by atoms with van der Waals surface area (Å²) < 4.78 is 0. The van der Waals surface area contributed by atoms with Gasteiger partial charge >= 0.3 is 0 Å². The summed E-state index contributed by atoms with van der Waals surface area (Å²) in [4.78, 5) is 4.85. The third kappa shape index (κ3) is 3.24. The summed E-state index contributed by atoms with van der Waals surface area (Å²) in [7, 11) is 2.17. The van der Waals surface area contributed by atoms with Crippen LogP contribution in [0.1, 0.15) is 13.3 Å². The van der Waals surface area contributed by atoms with Crippen LogP contribution in [0.2, 0.25) is 0 Å². The molecule has 0 radical (unpaired) electrons. The van der Waals surface area contributed by atoms with Gasteiger partial charge in [-0.2, -0.15) is 0 Å². The number of nitrogens with zero attached hydrogens (tertiary/aromatic N) is 2. The van der Waals surface area contributed by atoms with E-state index in [0.717, 1.165) is 26.1 Å². The predicted octanol–water partition coefficient (Wildman–Crippen LogP) is 1.83. The fourth-order valence-corrected chi connectivity index (χ4v) is 2.85. The molecule has 2 rings (SSSR count). The van der Waals surface area contributed by atoms with Gasteiger partial charge in [0.25, 0.3) is 0 Å². The van der Waals surface area contributed by atoms with Crippen molar-refractivity contribution in [3.63, 3.8) is 0 Å². The molecule has 1 saturated heterocycles. The first-order valence-electron chi connectivity index (χ1n) is 6.81. The van der Waals surface area contributed by atoms with E-state index in [4.69, 9.17) is 0 Å². The van der Waals surface area contributed by atoms with Crippen molar-refractivity contribution >= 4 is 5.69 Å². The second kappa shape index (κ2) is 6.21. The summed E-state index contributed by atoms with van der Waals surface area (Å²) >= 11 is 0. The lowest BCUT2D eigenvalue weighted by atomic mass is 10.1. The summed E-state index contributed by atoms with van der Waals surface area (Å²) in [5, 5.41) is 9.21. The van der Waals surface area contributed by atoms with Gasteiger partial charge in [-0.1, -0.05) is 25.1 Å². The van der Waals surface area contributed by atoms with Gasteiger partial charge in [0, 0.05) is 38.0 Å². The van der Waals surface area contributed by atoms with Crippen LogP contribution in [0, 0.1) is 5.92 Å². The molecule has 1 aromatic rings. The van der Waals surface area contributed by atoms with E-state index in [-0.39, 0.29) is 6.61 Å². The minimum Gasteiger partial charge on any atom is -0.396 e. The van der Waals surface area contributed by atoms with Crippen molar-refractivity contribution in [3.05, 3.63) is 30.3 Å². The quantitative estimate of drug-likeness (QED) is 0.884. The fourth-order valence-electron chi connectivity index (χ4n) is 2.85. The fraction of sp³-hybridized carbons (Fsp3) is 0.600. The molecule has 0 aromatic heterocycles. The van der Waals surface area contributed by atoms with Gasteiger partial charge in [-0.25, -0.2) is 0 Å². The molecule has 1 aromatic carbocycles. The zero-order valence-corrected chi connectivity index (χ0v) is 11.4. The van der Waals surface area contributed by atoms with E-state index in [2.05, 4.69) is 54.1 Å². The summed E-state index contributed by atoms with van der Waals surface area (Å²) in [6, 6.07) is 11.0. The molecule has 18 heavy (non-hydrogen) atoms. The lowest BCUT2D eigenvalue weighted by Gasteiger charge is -2.29. The number of anilines is 1. The molecule has 0 bridgehead atoms. The topological polar surface area (TPSA) is 26.7 Å². The van der Waals surface area contributed by atoms with Crippen molar-refractivity contribution in [1.82, 2.24) is 4.90 Å². The number of rotatable bonds is 3. The van der Waals surface area contributed by atoms with Crippen LogP contribution in [0.3, 0.4) is 0 Å². The zero-order valence-electron chi connectivity index (χ0n) is 11.4. The molecule has 0 aliphatic carbocycles. The van der Waals surface area contributed by atoms with E-state index in [1.54, 1.807) is 0 Å². The van der Waals surface area contributed by atoms with Crippen molar-refractivity contribution in [2.24, 2.45) is 5.92 Å². The van der Waals surface area contributed by atoms with Gasteiger partial charge < -0.3 is 14.9 Å². The van der Waals surface area contributed by atoms with E-state index >= 15 is 0 Å². The molecular weight excluding hydrogens is 224 g/mol. The standard InChI is InChI=1S/C15H24N2O/c1-13-10-16(2)15(8-9-18)12-17(11-13)14-6-4-3-5-7-14/h3-7,13,15,18H,8-12H2,1-2H3. The van der Waals surface area contributed by atoms with Crippen molar-refractivity contribution in [3.8, 4) is 0 Å². The van der Waals surface area contributed by atoms with E-state index in [1.807, 2.05) is 0 Å². The highest BCUT2D eigenvalue weighted by Gasteiger charge is 2.25. The summed E-state index contributed by atoms with van der Waals surface area (Å²) in [5.74, 6) is 0.652. The number of likely N-dealkylation sites (N-methyl/N-ethyl adjacent to an activating group) is 1. The van der Waals surface area contributed by atoms with Gasteiger partial charge in [-0.3, -0.25) is 0 Å². The van der Waals surface area contributed by atoms with E-state index < -0.39 is 0 Å². The van der Waals surface area contributed by atoms with Gasteiger partial charge in [0.2, 0.25) is 0 Å². The molecule has 1 heterocycles. The third-order valence-corrected chi connectivity index (χ3v) is 3.77. The van der Waals surface area contributed by atoms with Crippen LogP contribution in [-0.4, -0.2) is 49.3 Å². The van der Waals surface area contributed by atoms with Crippen LogP contribution in [0.25, 0.3) is 0 Å². The molecule has 0 saturated carbocycles. The van der Waals surface area contributed by atoms with E-state index in [9.17, 15) is 5.11 Å². The molecule has 1 N–H and O–H groups in total. The molecule has 3 nitrogen and oxygen atoms in total. The molecule has 2 atom stereocenters. The van der Waals surface area contributed by atoms with Gasteiger partial charge in [0.05, 0.1) is 0 Å². The maximum Gasteiger partial charge on any atom is 0.0446 e. The van der Waals surface area contributed by atoms with Crippen molar-refractivity contribution in [2.75, 3.05) is 38.2 Å². The Kier molecular flexibility index (Phi) is 4.61. The lowest BCUT2D eigenvalue weighted by molar-refractivity contribution is 0.186. The number of aliphatic hydroxyl groups is 1. The number of aliphatic hydroxyl groups excluding tert-OH is 1. The average Bonchev–Trinajstić information content (AvgIpc) is 2.51. The highest BCUT2D eigenvalue weighted by atomic mass is 16.3. The van der Waals surface area contributed by atoms with Crippen LogP contribution in [0.15, 0.2) is 30.3 Å². The van der Waals surface area contributed by atoms with Crippen LogP contribution < -0.4 is 4.90 Å². The van der Waals surface area contributed by atoms with Crippen molar-refractivity contribution in [1.29, 1.82) is 0 Å². The SMILES string of the molecule is CC1CN(c2ccccc2)CC(CCO)N(C)C1. The Morgan fingerprint density at radius 2 is 1.89 bits per heavy atom. The molecular formula is C15H24N2O. The maximum atomic E-state index is 9.21. The molecule has 0 spiro atoms. The monoisotopic (exact) mass is 248 g/mol. The Hall–Kier alpha value is -1.06. The van der Waals surface area contributed by atoms with E-state index in [1.165, 1.54) is 5.69 Å². The summed E-state index contributed by atoms with van der Waals surface area (Å²) in [5.41, 5.74) is 1.29. The Morgan fingerprint density at radius 1 is 1.17 bits per heavy atom. The molecule has 0 amide bonds. The molecule has 3 heteroatoms. The van der Waals surface area contributed by atoms with Crippen LogP contribution in [0.5, 0.6) is 0 Å². The molecule has 2 unspecified atom stereocenters. The number of hydrogen-bond acceptors (Lipinski definition) is 3. The van der Waals surface area contributed by atoms with Gasteiger partial charge in [-0.05, 0) is 31.5 Å².